The molecule has 16 heavy (non-hydrogen) atoms. The average molecular weight is 219 g/mol. The van der Waals surface area contributed by atoms with E-state index in [0.717, 1.165) is 0 Å². The van der Waals surface area contributed by atoms with E-state index in [-0.39, 0.29) is 18.0 Å². The van der Waals surface area contributed by atoms with Gasteiger partial charge in [0.2, 0.25) is 5.91 Å². The topological polar surface area (TPSA) is 88.2 Å². The number of aromatic hydroxyl groups is 1. The molecule has 0 aliphatic rings. The molecule has 1 amide bonds. The first-order chi connectivity index (χ1) is 7.54. The summed E-state index contributed by atoms with van der Waals surface area (Å²) < 4.78 is 0. The summed E-state index contributed by atoms with van der Waals surface area (Å²) in [6, 6.07) is 2.28. The maximum absolute atomic E-state index is 11.5. The maximum Gasteiger partial charge on any atom is 0.243 e. The van der Waals surface area contributed by atoms with Gasteiger partial charge in [0.05, 0.1) is 6.04 Å². The van der Waals surface area contributed by atoms with E-state index in [1.165, 1.54) is 6.07 Å². The Morgan fingerprint density at radius 2 is 2.44 bits per heavy atom. The molecule has 1 rings (SSSR count). The molecule has 0 aliphatic heterocycles. The lowest BCUT2D eigenvalue weighted by Gasteiger charge is -2.10. The number of amides is 1. The standard InChI is InChI=1S/C11H13N3O2/c1-3-4-8(12)11(16)14-10-9(15)6-5-7(2)13-10/h1,5-6,8,15H,4,12H2,2H3,(H,13,14,16). The van der Waals surface area contributed by atoms with Gasteiger partial charge in [0.1, 0.15) is 0 Å². The quantitative estimate of drug-likeness (QED) is 0.641. The van der Waals surface area contributed by atoms with E-state index >= 15 is 0 Å². The molecule has 0 saturated heterocycles. The molecule has 1 aromatic rings. The van der Waals surface area contributed by atoms with Crippen LogP contribution in [-0.2, 0) is 4.79 Å². The Kier molecular flexibility index (Phi) is 3.86. The van der Waals surface area contributed by atoms with Gasteiger partial charge in [0, 0.05) is 12.1 Å². The number of anilines is 1. The van der Waals surface area contributed by atoms with Crippen LogP contribution in [0.4, 0.5) is 5.82 Å². The van der Waals surface area contributed by atoms with Crippen LogP contribution in [0.15, 0.2) is 12.1 Å². The third-order valence-corrected chi connectivity index (χ3v) is 1.93. The monoisotopic (exact) mass is 219 g/mol. The van der Waals surface area contributed by atoms with Crippen molar-refractivity contribution in [1.82, 2.24) is 4.98 Å². The number of pyridine rings is 1. The van der Waals surface area contributed by atoms with Crippen molar-refractivity contribution in [3.63, 3.8) is 0 Å². The van der Waals surface area contributed by atoms with Crippen molar-refractivity contribution in [3.05, 3.63) is 17.8 Å². The smallest absolute Gasteiger partial charge is 0.243 e. The summed E-state index contributed by atoms with van der Waals surface area (Å²) in [5, 5.41) is 11.9. The summed E-state index contributed by atoms with van der Waals surface area (Å²) in [7, 11) is 0. The third kappa shape index (κ3) is 2.97. The molecule has 4 N–H and O–H groups in total. The minimum Gasteiger partial charge on any atom is -0.504 e. The summed E-state index contributed by atoms with van der Waals surface area (Å²) in [6.07, 6.45) is 5.18. The van der Waals surface area contributed by atoms with Crippen LogP contribution in [0.25, 0.3) is 0 Å². The molecule has 0 fully saturated rings. The first kappa shape index (κ1) is 12.0. The van der Waals surface area contributed by atoms with Crippen LogP contribution >= 0.6 is 0 Å². The fraction of sp³-hybridized carbons (Fsp3) is 0.273. The highest BCUT2D eigenvalue weighted by molar-refractivity contribution is 5.95. The van der Waals surface area contributed by atoms with Gasteiger partial charge in [-0.1, -0.05) is 0 Å². The molecule has 0 bridgehead atoms. The second kappa shape index (κ2) is 5.14. The van der Waals surface area contributed by atoms with Crippen LogP contribution < -0.4 is 11.1 Å². The number of carbonyl (C=O) groups excluding carboxylic acids is 1. The Morgan fingerprint density at radius 1 is 1.75 bits per heavy atom. The lowest BCUT2D eigenvalue weighted by molar-refractivity contribution is -0.117. The van der Waals surface area contributed by atoms with Gasteiger partial charge in [-0.25, -0.2) is 4.98 Å². The Balaban J connectivity index is 2.77. The zero-order valence-electron chi connectivity index (χ0n) is 8.90. The zero-order chi connectivity index (χ0) is 12.1. The average Bonchev–Trinajstić information content (AvgIpc) is 2.23. The number of hydrogen-bond donors (Lipinski definition) is 3. The van der Waals surface area contributed by atoms with Crippen LogP contribution in [0.1, 0.15) is 12.1 Å². The Labute approximate surface area is 93.7 Å². The largest absolute Gasteiger partial charge is 0.504 e. The molecular weight excluding hydrogens is 206 g/mol. The van der Waals surface area contributed by atoms with Crippen molar-refractivity contribution in [2.75, 3.05) is 5.32 Å². The minimum atomic E-state index is -0.799. The van der Waals surface area contributed by atoms with E-state index in [1.807, 2.05) is 0 Å². The first-order valence-electron chi connectivity index (χ1n) is 4.71. The molecule has 1 unspecified atom stereocenters. The molecule has 5 heteroatoms. The molecular formula is C11H13N3O2. The van der Waals surface area contributed by atoms with Crippen molar-refractivity contribution in [3.8, 4) is 18.1 Å². The van der Waals surface area contributed by atoms with Gasteiger partial charge in [-0.2, -0.15) is 0 Å². The molecule has 0 saturated carbocycles. The van der Waals surface area contributed by atoms with E-state index in [4.69, 9.17) is 12.2 Å². The lowest BCUT2D eigenvalue weighted by atomic mass is 10.2. The highest BCUT2D eigenvalue weighted by Crippen LogP contribution is 2.20. The van der Waals surface area contributed by atoms with Crippen molar-refractivity contribution < 1.29 is 9.90 Å². The van der Waals surface area contributed by atoms with Gasteiger partial charge in [-0.3, -0.25) is 4.79 Å². The highest BCUT2D eigenvalue weighted by Gasteiger charge is 2.14. The normalized spacial score (nSPS) is 11.6. The lowest BCUT2D eigenvalue weighted by Crippen LogP contribution is -2.35. The van der Waals surface area contributed by atoms with Gasteiger partial charge < -0.3 is 16.2 Å². The molecule has 0 radical (unpaired) electrons. The second-order valence-corrected chi connectivity index (χ2v) is 3.32. The molecule has 1 aromatic heterocycles. The van der Waals surface area contributed by atoms with Crippen LogP contribution in [0.3, 0.4) is 0 Å². The van der Waals surface area contributed by atoms with Crippen LogP contribution in [0.2, 0.25) is 0 Å². The fourth-order valence-electron chi connectivity index (χ4n) is 1.07. The van der Waals surface area contributed by atoms with Gasteiger partial charge in [0.15, 0.2) is 11.6 Å². The van der Waals surface area contributed by atoms with E-state index in [1.54, 1.807) is 13.0 Å². The van der Waals surface area contributed by atoms with Gasteiger partial charge in [-0.05, 0) is 19.1 Å². The SMILES string of the molecule is C#CCC(N)C(=O)Nc1nc(C)ccc1O. The molecule has 0 aromatic carbocycles. The van der Waals surface area contributed by atoms with Crippen molar-refractivity contribution >= 4 is 11.7 Å². The van der Waals surface area contributed by atoms with Gasteiger partial charge in [-0.15, -0.1) is 12.3 Å². The summed E-state index contributed by atoms with van der Waals surface area (Å²) in [5.74, 6) is 1.82. The van der Waals surface area contributed by atoms with Crippen LogP contribution in [0.5, 0.6) is 5.75 Å². The second-order valence-electron chi connectivity index (χ2n) is 3.32. The molecule has 1 atom stereocenters. The minimum absolute atomic E-state index is 0.0949. The number of aromatic nitrogens is 1. The Hall–Kier alpha value is -2.06. The summed E-state index contributed by atoms with van der Waals surface area (Å²) >= 11 is 0. The third-order valence-electron chi connectivity index (χ3n) is 1.93. The molecule has 5 nitrogen and oxygen atoms in total. The molecule has 0 spiro atoms. The van der Waals surface area contributed by atoms with E-state index < -0.39 is 11.9 Å². The molecule has 1 heterocycles. The Bertz CT molecular complexity index is 437. The number of nitrogens with two attached hydrogens (primary N) is 1. The van der Waals surface area contributed by atoms with Gasteiger partial charge in [0.25, 0.3) is 0 Å². The first-order valence-corrected chi connectivity index (χ1v) is 4.71. The predicted octanol–water partition coefficient (Wildman–Crippen LogP) is 0.385. The van der Waals surface area contributed by atoms with Crippen molar-refractivity contribution in [1.29, 1.82) is 0 Å². The number of terminal acetylenes is 1. The molecule has 84 valence electrons. The van der Waals surface area contributed by atoms with Crippen molar-refractivity contribution in [2.24, 2.45) is 5.73 Å². The summed E-state index contributed by atoms with van der Waals surface area (Å²) in [5.41, 5.74) is 6.18. The van der Waals surface area contributed by atoms with Crippen LogP contribution in [0, 0.1) is 19.3 Å². The van der Waals surface area contributed by atoms with Crippen molar-refractivity contribution in [2.45, 2.75) is 19.4 Å². The summed E-state index contributed by atoms with van der Waals surface area (Å²) in [6.45, 7) is 1.75. The summed E-state index contributed by atoms with van der Waals surface area (Å²) in [4.78, 5) is 15.4. The maximum atomic E-state index is 11.5. The predicted molar refractivity (Wildman–Crippen MR) is 60.7 cm³/mol. The van der Waals surface area contributed by atoms with Gasteiger partial charge >= 0.3 is 0 Å². The number of rotatable bonds is 3. The number of carbonyl (C=O) groups is 1. The van der Waals surface area contributed by atoms with Crippen LogP contribution in [-0.4, -0.2) is 22.0 Å². The fourth-order valence-corrected chi connectivity index (χ4v) is 1.07. The number of hydrogen-bond acceptors (Lipinski definition) is 4. The molecule has 0 aliphatic carbocycles. The highest BCUT2D eigenvalue weighted by atomic mass is 16.3. The zero-order valence-corrected chi connectivity index (χ0v) is 8.90. The van der Waals surface area contributed by atoms with E-state index in [9.17, 15) is 9.90 Å². The number of nitrogens with zero attached hydrogens (tertiary/aromatic N) is 1. The number of nitrogens with one attached hydrogen (secondary N) is 1. The Morgan fingerprint density at radius 3 is 3.06 bits per heavy atom. The number of aryl methyl sites for hydroxylation is 1. The van der Waals surface area contributed by atoms with E-state index in [0.29, 0.717) is 5.69 Å². The van der Waals surface area contributed by atoms with E-state index in [2.05, 4.69) is 16.2 Å².